The number of aryl methyl sites for hydroxylation is 1. The van der Waals surface area contributed by atoms with Crippen molar-refractivity contribution >= 4 is 0 Å². The standard InChI is InChI=1S/C11H18F2N2O2/c1-2-6-15-9(3-5-14-15)10(16)4-7-17-8-11(12)13/h3,5,10-11,16H,2,4,6-8H2,1H3. The SMILES string of the molecule is CCCn1nccc1C(O)CCOCC(F)F. The van der Waals surface area contributed by atoms with Gasteiger partial charge in [0.05, 0.1) is 11.8 Å². The molecule has 0 aliphatic heterocycles. The minimum absolute atomic E-state index is 0.114. The van der Waals surface area contributed by atoms with Crippen LogP contribution in [-0.4, -0.2) is 34.5 Å². The molecule has 17 heavy (non-hydrogen) atoms. The Morgan fingerprint density at radius 3 is 2.94 bits per heavy atom. The van der Waals surface area contributed by atoms with E-state index >= 15 is 0 Å². The van der Waals surface area contributed by atoms with Crippen LogP contribution in [0.5, 0.6) is 0 Å². The molecule has 1 N–H and O–H groups in total. The predicted octanol–water partition coefficient (Wildman–Crippen LogP) is 2.00. The van der Waals surface area contributed by atoms with Gasteiger partial charge in [0.1, 0.15) is 6.61 Å². The minimum atomic E-state index is -2.46. The summed E-state index contributed by atoms with van der Waals surface area (Å²) >= 11 is 0. The zero-order chi connectivity index (χ0) is 12.7. The summed E-state index contributed by atoms with van der Waals surface area (Å²) < 4.78 is 30.0. The van der Waals surface area contributed by atoms with Gasteiger partial charge >= 0.3 is 0 Å². The first-order valence-electron chi connectivity index (χ1n) is 5.70. The third-order valence-electron chi connectivity index (χ3n) is 2.31. The van der Waals surface area contributed by atoms with Crippen LogP contribution in [0.2, 0.25) is 0 Å². The monoisotopic (exact) mass is 248 g/mol. The average Bonchev–Trinajstić information content (AvgIpc) is 2.72. The van der Waals surface area contributed by atoms with Crippen LogP contribution in [0.25, 0.3) is 0 Å². The second-order valence-electron chi connectivity index (χ2n) is 3.75. The molecule has 0 fully saturated rings. The summed E-state index contributed by atoms with van der Waals surface area (Å²) in [4.78, 5) is 0. The van der Waals surface area contributed by atoms with Crippen molar-refractivity contribution < 1.29 is 18.6 Å². The number of halogens is 2. The van der Waals surface area contributed by atoms with Crippen molar-refractivity contribution in [1.29, 1.82) is 0 Å². The summed E-state index contributed by atoms with van der Waals surface area (Å²) in [6.07, 6.45) is -0.348. The second kappa shape index (κ2) is 7.34. The van der Waals surface area contributed by atoms with Crippen molar-refractivity contribution in [1.82, 2.24) is 9.78 Å². The fraction of sp³-hybridized carbons (Fsp3) is 0.727. The summed E-state index contributed by atoms with van der Waals surface area (Å²) in [6, 6.07) is 1.73. The van der Waals surface area contributed by atoms with Gasteiger partial charge in [0.25, 0.3) is 6.43 Å². The minimum Gasteiger partial charge on any atom is -0.387 e. The number of aromatic nitrogens is 2. The maximum Gasteiger partial charge on any atom is 0.261 e. The molecule has 1 heterocycles. The van der Waals surface area contributed by atoms with Crippen LogP contribution < -0.4 is 0 Å². The molecule has 98 valence electrons. The highest BCUT2D eigenvalue weighted by atomic mass is 19.3. The van der Waals surface area contributed by atoms with Gasteiger partial charge in [-0.3, -0.25) is 4.68 Å². The Kier molecular flexibility index (Phi) is 6.07. The zero-order valence-electron chi connectivity index (χ0n) is 9.85. The van der Waals surface area contributed by atoms with Gasteiger partial charge in [-0.15, -0.1) is 0 Å². The normalized spacial score (nSPS) is 13.2. The Labute approximate surface area is 99.2 Å². The van der Waals surface area contributed by atoms with Gasteiger partial charge < -0.3 is 9.84 Å². The van der Waals surface area contributed by atoms with E-state index in [4.69, 9.17) is 4.74 Å². The topological polar surface area (TPSA) is 47.3 Å². The fourth-order valence-electron chi connectivity index (χ4n) is 1.54. The molecule has 0 saturated carbocycles. The van der Waals surface area contributed by atoms with Crippen LogP contribution in [0.1, 0.15) is 31.6 Å². The van der Waals surface area contributed by atoms with Gasteiger partial charge in [0, 0.05) is 25.8 Å². The molecule has 1 aromatic heterocycles. The molecule has 0 aromatic carbocycles. The number of hydrogen-bond acceptors (Lipinski definition) is 3. The van der Waals surface area contributed by atoms with Gasteiger partial charge in [0.15, 0.2) is 0 Å². The van der Waals surface area contributed by atoms with Crippen LogP contribution in [0.3, 0.4) is 0 Å². The lowest BCUT2D eigenvalue weighted by Crippen LogP contribution is -2.12. The van der Waals surface area contributed by atoms with Crippen molar-refractivity contribution in [2.24, 2.45) is 0 Å². The lowest BCUT2D eigenvalue weighted by Gasteiger charge is -2.13. The van der Waals surface area contributed by atoms with Crippen LogP contribution in [0.4, 0.5) is 8.78 Å². The van der Waals surface area contributed by atoms with Crippen LogP contribution in [-0.2, 0) is 11.3 Å². The molecule has 0 spiro atoms. The van der Waals surface area contributed by atoms with Crippen LogP contribution in [0, 0.1) is 0 Å². The molecule has 1 rings (SSSR count). The van der Waals surface area contributed by atoms with E-state index in [1.807, 2.05) is 6.92 Å². The predicted molar refractivity (Wildman–Crippen MR) is 58.9 cm³/mol. The van der Waals surface area contributed by atoms with Gasteiger partial charge in [0.2, 0.25) is 0 Å². The van der Waals surface area contributed by atoms with E-state index in [2.05, 4.69) is 5.10 Å². The maximum absolute atomic E-state index is 11.8. The quantitative estimate of drug-likeness (QED) is 0.716. The summed E-state index contributed by atoms with van der Waals surface area (Å²) in [7, 11) is 0. The summed E-state index contributed by atoms with van der Waals surface area (Å²) in [5, 5.41) is 13.9. The Morgan fingerprint density at radius 2 is 2.29 bits per heavy atom. The molecule has 1 unspecified atom stereocenters. The van der Waals surface area contributed by atoms with Crippen LogP contribution >= 0.6 is 0 Å². The molecule has 0 bridgehead atoms. The van der Waals surface area contributed by atoms with Gasteiger partial charge in [-0.2, -0.15) is 5.10 Å². The molecule has 0 aliphatic carbocycles. The Hall–Kier alpha value is -1.01. The molecule has 1 aromatic rings. The molecular formula is C11H18F2N2O2. The molecule has 0 radical (unpaired) electrons. The van der Waals surface area contributed by atoms with E-state index < -0.39 is 19.1 Å². The summed E-state index contributed by atoms with van der Waals surface area (Å²) in [5.74, 6) is 0. The highest BCUT2D eigenvalue weighted by molar-refractivity contribution is 5.04. The van der Waals surface area contributed by atoms with Gasteiger partial charge in [-0.25, -0.2) is 8.78 Å². The molecule has 4 nitrogen and oxygen atoms in total. The lowest BCUT2D eigenvalue weighted by molar-refractivity contribution is 0.00393. The first kappa shape index (κ1) is 14.1. The Bertz CT molecular complexity index is 318. The molecule has 0 amide bonds. The van der Waals surface area contributed by atoms with Crippen molar-refractivity contribution in [2.75, 3.05) is 13.2 Å². The van der Waals surface area contributed by atoms with E-state index in [9.17, 15) is 13.9 Å². The van der Waals surface area contributed by atoms with E-state index in [-0.39, 0.29) is 6.61 Å². The molecule has 6 heteroatoms. The van der Waals surface area contributed by atoms with E-state index in [1.165, 1.54) is 0 Å². The molecule has 0 saturated heterocycles. The van der Waals surface area contributed by atoms with Gasteiger partial charge in [-0.1, -0.05) is 6.92 Å². The first-order chi connectivity index (χ1) is 8.15. The average molecular weight is 248 g/mol. The first-order valence-corrected chi connectivity index (χ1v) is 5.70. The van der Waals surface area contributed by atoms with Crippen LogP contribution in [0.15, 0.2) is 12.3 Å². The smallest absolute Gasteiger partial charge is 0.261 e. The van der Waals surface area contributed by atoms with Crippen molar-refractivity contribution in [3.8, 4) is 0 Å². The van der Waals surface area contributed by atoms with Gasteiger partial charge in [-0.05, 0) is 12.5 Å². The Morgan fingerprint density at radius 1 is 1.53 bits per heavy atom. The number of aliphatic hydroxyl groups is 1. The summed E-state index contributed by atoms with van der Waals surface area (Å²) in [5.41, 5.74) is 0.701. The highest BCUT2D eigenvalue weighted by Crippen LogP contribution is 2.16. The van der Waals surface area contributed by atoms with Crippen molar-refractivity contribution in [3.05, 3.63) is 18.0 Å². The summed E-state index contributed by atoms with van der Waals surface area (Å²) in [6.45, 7) is 2.28. The number of alkyl halides is 2. The maximum atomic E-state index is 11.8. The molecule has 1 atom stereocenters. The third-order valence-corrected chi connectivity index (χ3v) is 2.31. The Balaban J connectivity index is 2.35. The number of hydrogen-bond donors (Lipinski definition) is 1. The largest absolute Gasteiger partial charge is 0.387 e. The van der Waals surface area contributed by atoms with E-state index in [0.29, 0.717) is 12.1 Å². The van der Waals surface area contributed by atoms with Crippen molar-refractivity contribution in [2.45, 2.75) is 38.8 Å². The lowest BCUT2D eigenvalue weighted by atomic mass is 10.2. The fourth-order valence-corrected chi connectivity index (χ4v) is 1.54. The number of ether oxygens (including phenoxy) is 1. The van der Waals surface area contributed by atoms with Crippen molar-refractivity contribution in [3.63, 3.8) is 0 Å². The van der Waals surface area contributed by atoms with E-state index in [0.717, 1.165) is 13.0 Å². The molecule has 0 aliphatic rings. The zero-order valence-corrected chi connectivity index (χ0v) is 9.85. The highest BCUT2D eigenvalue weighted by Gasteiger charge is 2.13. The molecular weight excluding hydrogens is 230 g/mol. The number of nitrogens with zero attached hydrogens (tertiary/aromatic N) is 2. The second-order valence-corrected chi connectivity index (χ2v) is 3.75. The van der Waals surface area contributed by atoms with E-state index in [1.54, 1.807) is 16.9 Å². The number of rotatable bonds is 8. The third kappa shape index (κ3) is 4.79. The number of aliphatic hydroxyl groups excluding tert-OH is 1.